The standard InChI is InChI=1S/C14H20N2O3S/c1-14(2,11-17)16(3)20(18,19)13-8-4-6-12(10-13)7-5-9-15/h4,6,8,10,17H,9,11,15H2,1-3H3. The summed E-state index contributed by atoms with van der Waals surface area (Å²) in [5.74, 6) is 5.48. The van der Waals surface area contributed by atoms with Crippen LogP contribution in [0.4, 0.5) is 0 Å². The van der Waals surface area contributed by atoms with E-state index < -0.39 is 15.6 Å². The normalized spacial score (nSPS) is 12.1. The first kappa shape index (κ1) is 16.7. The minimum atomic E-state index is -3.68. The molecule has 1 aromatic rings. The van der Waals surface area contributed by atoms with Crippen LogP contribution < -0.4 is 5.73 Å². The number of benzene rings is 1. The second kappa shape index (κ2) is 6.37. The van der Waals surface area contributed by atoms with Crippen LogP contribution in [0.2, 0.25) is 0 Å². The molecule has 5 nitrogen and oxygen atoms in total. The molecule has 0 aliphatic rings. The summed E-state index contributed by atoms with van der Waals surface area (Å²) < 4.78 is 26.2. The number of rotatable bonds is 4. The first-order valence-electron chi connectivity index (χ1n) is 6.14. The summed E-state index contributed by atoms with van der Waals surface area (Å²) in [5, 5.41) is 9.30. The van der Waals surface area contributed by atoms with Crippen molar-refractivity contribution in [1.29, 1.82) is 0 Å². The fraction of sp³-hybridized carbons (Fsp3) is 0.429. The quantitative estimate of drug-likeness (QED) is 0.787. The molecule has 0 fully saturated rings. The molecule has 0 radical (unpaired) electrons. The molecule has 0 bridgehead atoms. The van der Waals surface area contributed by atoms with Gasteiger partial charge in [-0.3, -0.25) is 0 Å². The fourth-order valence-corrected chi connectivity index (χ4v) is 3.02. The highest BCUT2D eigenvalue weighted by atomic mass is 32.2. The smallest absolute Gasteiger partial charge is 0.243 e. The summed E-state index contributed by atoms with van der Waals surface area (Å²) in [7, 11) is -2.23. The molecule has 3 N–H and O–H groups in total. The fourth-order valence-electron chi connectivity index (χ4n) is 1.47. The molecular weight excluding hydrogens is 276 g/mol. The maximum absolute atomic E-state index is 12.5. The van der Waals surface area contributed by atoms with E-state index in [4.69, 9.17) is 5.73 Å². The van der Waals surface area contributed by atoms with Crippen LogP contribution in [0.1, 0.15) is 19.4 Å². The van der Waals surface area contributed by atoms with E-state index in [1.807, 2.05) is 0 Å². The lowest BCUT2D eigenvalue weighted by atomic mass is 10.1. The largest absolute Gasteiger partial charge is 0.394 e. The minimum absolute atomic E-state index is 0.144. The van der Waals surface area contributed by atoms with E-state index >= 15 is 0 Å². The zero-order valence-corrected chi connectivity index (χ0v) is 12.7. The van der Waals surface area contributed by atoms with E-state index in [0.29, 0.717) is 5.56 Å². The summed E-state index contributed by atoms with van der Waals surface area (Å²) >= 11 is 0. The van der Waals surface area contributed by atoms with Gasteiger partial charge in [-0.2, -0.15) is 4.31 Å². The molecule has 1 aromatic carbocycles. The molecule has 0 spiro atoms. The van der Waals surface area contributed by atoms with E-state index in [-0.39, 0.29) is 18.0 Å². The summed E-state index contributed by atoms with van der Waals surface area (Å²) in [4.78, 5) is 0.144. The zero-order valence-electron chi connectivity index (χ0n) is 11.9. The predicted octanol–water partition coefficient (Wildman–Crippen LogP) is 0.388. The van der Waals surface area contributed by atoms with Crippen LogP contribution in [0.3, 0.4) is 0 Å². The van der Waals surface area contributed by atoms with Crippen molar-refractivity contribution in [2.45, 2.75) is 24.3 Å². The van der Waals surface area contributed by atoms with Crippen LogP contribution >= 0.6 is 0 Å². The Morgan fingerprint density at radius 3 is 2.60 bits per heavy atom. The first-order valence-corrected chi connectivity index (χ1v) is 7.58. The third-order valence-corrected chi connectivity index (χ3v) is 5.13. The third-order valence-electron chi connectivity index (χ3n) is 3.07. The molecule has 0 unspecified atom stereocenters. The molecule has 0 heterocycles. The Morgan fingerprint density at radius 2 is 2.05 bits per heavy atom. The Balaban J connectivity index is 3.23. The lowest BCUT2D eigenvalue weighted by Gasteiger charge is -2.32. The number of hydrogen-bond donors (Lipinski definition) is 2. The van der Waals surface area contributed by atoms with Gasteiger partial charge in [0.15, 0.2) is 0 Å². The van der Waals surface area contributed by atoms with E-state index in [1.54, 1.807) is 26.0 Å². The van der Waals surface area contributed by atoms with Crippen LogP contribution in [0.15, 0.2) is 29.2 Å². The average Bonchev–Trinajstić information content (AvgIpc) is 2.44. The lowest BCUT2D eigenvalue weighted by molar-refractivity contribution is 0.138. The molecule has 0 saturated carbocycles. The number of nitrogens with zero attached hydrogens (tertiary/aromatic N) is 1. The number of likely N-dealkylation sites (N-methyl/N-ethyl adjacent to an activating group) is 1. The van der Waals surface area contributed by atoms with Crippen LogP contribution in [-0.2, 0) is 10.0 Å². The summed E-state index contributed by atoms with van der Waals surface area (Å²) in [5.41, 5.74) is 5.01. The van der Waals surface area contributed by atoms with Gasteiger partial charge in [0.05, 0.1) is 23.6 Å². The van der Waals surface area contributed by atoms with Gasteiger partial charge in [0.1, 0.15) is 0 Å². The molecule has 20 heavy (non-hydrogen) atoms. The summed E-state index contributed by atoms with van der Waals surface area (Å²) in [6.45, 7) is 3.26. The van der Waals surface area contributed by atoms with E-state index in [9.17, 15) is 13.5 Å². The second-order valence-electron chi connectivity index (χ2n) is 4.98. The molecule has 0 saturated heterocycles. The monoisotopic (exact) mass is 296 g/mol. The number of aliphatic hydroxyl groups excluding tert-OH is 1. The van der Waals surface area contributed by atoms with Gasteiger partial charge in [0, 0.05) is 12.6 Å². The summed E-state index contributed by atoms with van der Waals surface area (Å²) in [6.07, 6.45) is 0. The van der Waals surface area contributed by atoms with Crippen molar-refractivity contribution >= 4 is 10.0 Å². The van der Waals surface area contributed by atoms with Crippen LogP contribution in [0.25, 0.3) is 0 Å². The Kier molecular flexibility index (Phi) is 5.31. The van der Waals surface area contributed by atoms with Crippen LogP contribution in [-0.4, -0.2) is 43.6 Å². The highest BCUT2D eigenvalue weighted by molar-refractivity contribution is 7.89. The van der Waals surface area contributed by atoms with Crippen molar-refractivity contribution in [3.05, 3.63) is 29.8 Å². The molecule has 0 aromatic heterocycles. The van der Waals surface area contributed by atoms with E-state index in [2.05, 4.69) is 11.8 Å². The molecule has 0 amide bonds. The number of aliphatic hydroxyl groups is 1. The number of sulfonamides is 1. The summed E-state index contributed by atoms with van der Waals surface area (Å²) in [6, 6.07) is 6.36. The third kappa shape index (κ3) is 3.58. The SMILES string of the molecule is CN(C(C)(C)CO)S(=O)(=O)c1cccc(C#CCN)c1. The molecule has 0 atom stereocenters. The predicted molar refractivity (Wildman–Crippen MR) is 78.5 cm³/mol. The van der Waals surface area contributed by atoms with Crippen molar-refractivity contribution in [2.24, 2.45) is 5.73 Å². The van der Waals surface area contributed by atoms with Crippen LogP contribution in [0.5, 0.6) is 0 Å². The molecule has 0 aliphatic carbocycles. The number of hydrogen-bond acceptors (Lipinski definition) is 4. The Bertz CT molecular complexity index is 627. The van der Waals surface area contributed by atoms with Crippen molar-refractivity contribution < 1.29 is 13.5 Å². The molecule has 1 rings (SSSR count). The highest BCUT2D eigenvalue weighted by Crippen LogP contribution is 2.22. The molecule has 110 valence electrons. The Morgan fingerprint density at radius 1 is 1.40 bits per heavy atom. The average molecular weight is 296 g/mol. The van der Waals surface area contributed by atoms with E-state index in [0.717, 1.165) is 4.31 Å². The molecule has 0 aliphatic heterocycles. The van der Waals surface area contributed by atoms with Gasteiger partial charge >= 0.3 is 0 Å². The van der Waals surface area contributed by atoms with Crippen molar-refractivity contribution in [3.8, 4) is 11.8 Å². The van der Waals surface area contributed by atoms with Gasteiger partial charge in [-0.25, -0.2) is 8.42 Å². The second-order valence-corrected chi connectivity index (χ2v) is 6.95. The van der Waals surface area contributed by atoms with Gasteiger partial charge in [-0.1, -0.05) is 17.9 Å². The Labute approximate surface area is 120 Å². The molecular formula is C14H20N2O3S. The van der Waals surface area contributed by atoms with Crippen molar-refractivity contribution in [2.75, 3.05) is 20.2 Å². The van der Waals surface area contributed by atoms with Gasteiger partial charge < -0.3 is 10.8 Å². The zero-order chi connectivity index (χ0) is 15.4. The Hall–Kier alpha value is -1.39. The van der Waals surface area contributed by atoms with Crippen LogP contribution in [0, 0.1) is 11.8 Å². The maximum Gasteiger partial charge on any atom is 0.243 e. The first-order chi connectivity index (χ1) is 9.25. The highest BCUT2D eigenvalue weighted by Gasteiger charge is 2.33. The maximum atomic E-state index is 12.5. The number of nitrogens with two attached hydrogens (primary N) is 1. The van der Waals surface area contributed by atoms with Crippen molar-refractivity contribution in [3.63, 3.8) is 0 Å². The molecule has 6 heteroatoms. The van der Waals surface area contributed by atoms with Gasteiger partial charge in [0.25, 0.3) is 0 Å². The topological polar surface area (TPSA) is 83.6 Å². The van der Waals surface area contributed by atoms with E-state index in [1.165, 1.54) is 19.2 Å². The lowest BCUT2D eigenvalue weighted by Crippen LogP contribution is -2.47. The van der Waals surface area contributed by atoms with Gasteiger partial charge in [0.2, 0.25) is 10.0 Å². The minimum Gasteiger partial charge on any atom is -0.394 e. The van der Waals surface area contributed by atoms with Crippen molar-refractivity contribution in [1.82, 2.24) is 4.31 Å². The van der Waals surface area contributed by atoms with Gasteiger partial charge in [-0.05, 0) is 32.0 Å². The van der Waals surface area contributed by atoms with Gasteiger partial charge in [-0.15, -0.1) is 0 Å².